The number of hydrogen-bond donors (Lipinski definition) is 2. The number of nitrogens with one attached hydrogen (secondary N) is 2. The third kappa shape index (κ3) is 4.18. The molecule has 2 atom stereocenters. The zero-order chi connectivity index (χ0) is 20.4. The monoisotopic (exact) mass is 399 g/mol. The minimum absolute atomic E-state index is 0.00623. The largest absolute Gasteiger partial charge is 0.448 e. The molecule has 2 aromatic rings. The number of hydrogen-bond acceptors (Lipinski definition) is 5. The molecule has 0 radical (unpaired) electrons. The maximum Gasteiger partial charge on any atom is 0.410 e. The number of aromatic nitrogens is 2. The molecule has 1 saturated carbocycles. The molecule has 1 aromatic carbocycles. The van der Waals surface area contributed by atoms with E-state index in [-0.39, 0.29) is 30.4 Å². The van der Waals surface area contributed by atoms with Gasteiger partial charge in [-0.2, -0.15) is 5.10 Å². The summed E-state index contributed by atoms with van der Waals surface area (Å²) >= 11 is 0. The number of nitrogens with zero attached hydrogens (tertiary/aromatic N) is 3. The third-order valence-electron chi connectivity index (χ3n) is 5.53. The first-order chi connectivity index (χ1) is 14.0. The van der Waals surface area contributed by atoms with Crippen molar-refractivity contribution in [2.45, 2.75) is 37.8 Å². The highest BCUT2D eigenvalue weighted by Crippen LogP contribution is 2.21. The molecule has 2 unspecified atom stereocenters. The van der Waals surface area contributed by atoms with Crippen LogP contribution in [0.4, 0.5) is 4.79 Å². The first-order valence-electron chi connectivity index (χ1n) is 9.95. The van der Waals surface area contributed by atoms with Crippen LogP contribution in [0.25, 0.3) is 10.9 Å². The average molecular weight is 399 g/mol. The summed E-state index contributed by atoms with van der Waals surface area (Å²) in [6, 6.07) is 7.58. The molecule has 0 spiro atoms. The van der Waals surface area contributed by atoms with Crippen LogP contribution in [-0.2, 0) is 16.6 Å². The maximum absolute atomic E-state index is 12.8. The van der Waals surface area contributed by atoms with Gasteiger partial charge in [0.1, 0.15) is 13.2 Å². The maximum atomic E-state index is 12.8. The number of fused-ring (bicyclic) bond motifs is 1. The molecule has 1 aliphatic heterocycles. The third-order valence-corrected chi connectivity index (χ3v) is 5.53. The number of carbonyl (C=O) groups is 3. The Bertz CT molecular complexity index is 940. The molecule has 9 heteroatoms. The molecule has 2 N–H and O–H groups in total. The topological polar surface area (TPSA) is 106 Å². The van der Waals surface area contributed by atoms with Crippen molar-refractivity contribution >= 4 is 28.8 Å². The van der Waals surface area contributed by atoms with Gasteiger partial charge in [0.2, 0.25) is 5.91 Å². The van der Waals surface area contributed by atoms with Crippen molar-refractivity contribution in [1.29, 1.82) is 0 Å². The Kier molecular flexibility index (Phi) is 5.37. The summed E-state index contributed by atoms with van der Waals surface area (Å²) in [7, 11) is 1.82. The van der Waals surface area contributed by atoms with E-state index in [0.29, 0.717) is 25.3 Å². The summed E-state index contributed by atoms with van der Waals surface area (Å²) in [6.45, 7) is 0.770. The molecule has 1 aromatic heterocycles. The fraction of sp³-hybridized carbons (Fsp3) is 0.500. The summed E-state index contributed by atoms with van der Waals surface area (Å²) in [6.07, 6.45) is 2.84. The fourth-order valence-electron chi connectivity index (χ4n) is 4.10. The Morgan fingerprint density at radius 2 is 1.97 bits per heavy atom. The van der Waals surface area contributed by atoms with Gasteiger partial charge < -0.3 is 15.4 Å². The SMILES string of the molecule is Cn1nc(C(=O)NC2CCCC(NC(=O)CN3CCOC3=O)C2)c2ccccc21. The zero-order valence-electron chi connectivity index (χ0n) is 16.4. The highest BCUT2D eigenvalue weighted by molar-refractivity contribution is 6.04. The second-order valence-electron chi connectivity index (χ2n) is 7.63. The number of carbonyl (C=O) groups excluding carboxylic acids is 3. The Balaban J connectivity index is 1.34. The Labute approximate surface area is 168 Å². The van der Waals surface area contributed by atoms with Crippen molar-refractivity contribution in [1.82, 2.24) is 25.3 Å². The van der Waals surface area contributed by atoms with Crippen molar-refractivity contribution < 1.29 is 19.1 Å². The molecule has 154 valence electrons. The zero-order valence-corrected chi connectivity index (χ0v) is 16.4. The van der Waals surface area contributed by atoms with Crippen molar-refractivity contribution in [2.75, 3.05) is 19.7 Å². The summed E-state index contributed by atoms with van der Waals surface area (Å²) in [5, 5.41) is 11.3. The summed E-state index contributed by atoms with van der Waals surface area (Å²) < 4.78 is 6.55. The van der Waals surface area contributed by atoms with Crippen LogP contribution in [-0.4, -0.2) is 64.4 Å². The van der Waals surface area contributed by atoms with E-state index in [9.17, 15) is 14.4 Å². The Morgan fingerprint density at radius 1 is 1.21 bits per heavy atom. The number of para-hydroxylation sites is 1. The molecular formula is C20H25N5O4. The fourth-order valence-corrected chi connectivity index (χ4v) is 4.10. The number of rotatable bonds is 5. The van der Waals surface area contributed by atoms with Gasteiger partial charge in [-0.25, -0.2) is 4.79 Å². The van der Waals surface area contributed by atoms with Gasteiger partial charge in [0.15, 0.2) is 5.69 Å². The van der Waals surface area contributed by atoms with Gasteiger partial charge in [-0.3, -0.25) is 19.2 Å². The first kappa shape index (κ1) is 19.2. The smallest absolute Gasteiger partial charge is 0.410 e. The van der Waals surface area contributed by atoms with E-state index in [2.05, 4.69) is 15.7 Å². The summed E-state index contributed by atoms with van der Waals surface area (Å²) in [5.74, 6) is -0.393. The van der Waals surface area contributed by atoms with Gasteiger partial charge in [-0.05, 0) is 31.7 Å². The van der Waals surface area contributed by atoms with Gasteiger partial charge in [0.25, 0.3) is 5.91 Å². The lowest BCUT2D eigenvalue weighted by Gasteiger charge is -2.30. The predicted molar refractivity (Wildman–Crippen MR) is 105 cm³/mol. The van der Waals surface area contributed by atoms with Crippen molar-refractivity contribution in [3.05, 3.63) is 30.0 Å². The summed E-state index contributed by atoms with van der Waals surface area (Å²) in [4.78, 5) is 37.9. The highest BCUT2D eigenvalue weighted by Gasteiger charge is 2.28. The normalized spacial score (nSPS) is 21.8. The molecule has 0 bridgehead atoms. The van der Waals surface area contributed by atoms with Gasteiger partial charge >= 0.3 is 6.09 Å². The van der Waals surface area contributed by atoms with Gasteiger partial charge in [-0.15, -0.1) is 0 Å². The van der Waals surface area contributed by atoms with Crippen LogP contribution in [0.15, 0.2) is 24.3 Å². The highest BCUT2D eigenvalue weighted by atomic mass is 16.6. The quantitative estimate of drug-likeness (QED) is 0.786. The lowest BCUT2D eigenvalue weighted by molar-refractivity contribution is -0.122. The standard InChI is InChI=1S/C20H25N5O4/c1-24-16-8-3-2-7-15(16)18(23-24)19(27)22-14-6-4-5-13(11-14)21-17(26)12-25-9-10-29-20(25)28/h2-3,7-8,13-14H,4-6,9-12H2,1H3,(H,21,26)(H,22,27). The molecule has 1 saturated heterocycles. The molecule has 2 heterocycles. The van der Waals surface area contributed by atoms with Crippen molar-refractivity contribution in [2.24, 2.45) is 7.05 Å². The average Bonchev–Trinajstić information content (AvgIpc) is 3.25. The van der Waals surface area contributed by atoms with Crippen molar-refractivity contribution in [3.63, 3.8) is 0 Å². The number of aryl methyl sites for hydroxylation is 1. The van der Waals surface area contributed by atoms with Crippen LogP contribution in [0, 0.1) is 0 Å². The van der Waals surface area contributed by atoms with Gasteiger partial charge in [0.05, 0.1) is 12.1 Å². The predicted octanol–water partition coefficient (Wildman–Crippen LogP) is 1.18. The first-order valence-corrected chi connectivity index (χ1v) is 9.95. The Hall–Kier alpha value is -3.10. The Morgan fingerprint density at radius 3 is 2.72 bits per heavy atom. The number of ether oxygens (including phenoxy) is 1. The van der Waals surface area contributed by atoms with E-state index >= 15 is 0 Å². The van der Waals surface area contributed by atoms with Gasteiger partial charge in [0, 0.05) is 24.5 Å². The van der Waals surface area contributed by atoms with E-state index in [0.717, 1.165) is 30.2 Å². The van der Waals surface area contributed by atoms with E-state index < -0.39 is 6.09 Å². The van der Waals surface area contributed by atoms with Crippen LogP contribution in [0.5, 0.6) is 0 Å². The second kappa shape index (κ2) is 8.10. The van der Waals surface area contributed by atoms with E-state index in [1.54, 1.807) is 4.68 Å². The van der Waals surface area contributed by atoms with Crippen LogP contribution >= 0.6 is 0 Å². The molecule has 1 aliphatic carbocycles. The number of amides is 3. The van der Waals surface area contributed by atoms with Crippen LogP contribution in [0.2, 0.25) is 0 Å². The van der Waals surface area contributed by atoms with E-state index in [1.807, 2.05) is 31.3 Å². The molecule has 29 heavy (non-hydrogen) atoms. The molecular weight excluding hydrogens is 374 g/mol. The second-order valence-corrected chi connectivity index (χ2v) is 7.63. The summed E-state index contributed by atoms with van der Waals surface area (Å²) in [5.41, 5.74) is 1.33. The number of cyclic esters (lactones) is 1. The van der Waals surface area contributed by atoms with Gasteiger partial charge in [-0.1, -0.05) is 18.2 Å². The molecule has 4 rings (SSSR count). The van der Waals surface area contributed by atoms with Crippen LogP contribution < -0.4 is 10.6 Å². The molecule has 2 fully saturated rings. The van der Waals surface area contributed by atoms with E-state index in [1.165, 1.54) is 4.90 Å². The van der Waals surface area contributed by atoms with Crippen LogP contribution in [0.1, 0.15) is 36.2 Å². The lowest BCUT2D eigenvalue weighted by Crippen LogP contribution is -2.48. The lowest BCUT2D eigenvalue weighted by atomic mass is 9.90. The van der Waals surface area contributed by atoms with Crippen LogP contribution in [0.3, 0.4) is 0 Å². The number of benzene rings is 1. The molecule has 9 nitrogen and oxygen atoms in total. The van der Waals surface area contributed by atoms with E-state index in [4.69, 9.17) is 4.74 Å². The minimum Gasteiger partial charge on any atom is -0.448 e. The minimum atomic E-state index is -0.448. The van der Waals surface area contributed by atoms with Crippen molar-refractivity contribution in [3.8, 4) is 0 Å². The molecule has 2 aliphatic rings. The molecule has 3 amide bonds.